The molecule has 5 nitrogen and oxygen atoms in total. The molecule has 0 fully saturated rings. The summed E-state index contributed by atoms with van der Waals surface area (Å²) < 4.78 is 5.29. The van der Waals surface area contributed by atoms with Crippen LogP contribution in [-0.2, 0) is 13.0 Å². The number of nitrogens with one attached hydrogen (secondary N) is 2. The first-order chi connectivity index (χ1) is 12.2. The van der Waals surface area contributed by atoms with Crippen LogP contribution in [0.2, 0.25) is 0 Å². The zero-order valence-electron chi connectivity index (χ0n) is 14.4. The molecule has 128 valence electrons. The molecule has 3 rings (SSSR count). The SMILES string of the molecule is CCc1cccc(C)c1NC(=O)c1cc(NCc2ccco2)ccn1. The van der Waals surface area contributed by atoms with Gasteiger partial charge in [-0.05, 0) is 48.7 Å². The Morgan fingerprint density at radius 1 is 1.20 bits per heavy atom. The van der Waals surface area contributed by atoms with Gasteiger partial charge in [0, 0.05) is 17.6 Å². The van der Waals surface area contributed by atoms with E-state index >= 15 is 0 Å². The number of furan rings is 1. The maximum absolute atomic E-state index is 12.6. The molecule has 0 bridgehead atoms. The van der Waals surface area contributed by atoms with Gasteiger partial charge in [0.2, 0.25) is 0 Å². The second-order valence-electron chi connectivity index (χ2n) is 5.78. The van der Waals surface area contributed by atoms with Crippen molar-refractivity contribution in [2.75, 3.05) is 10.6 Å². The molecule has 0 saturated heterocycles. The summed E-state index contributed by atoms with van der Waals surface area (Å²) in [7, 11) is 0. The van der Waals surface area contributed by atoms with Gasteiger partial charge in [0.15, 0.2) is 0 Å². The van der Waals surface area contributed by atoms with Crippen molar-refractivity contribution < 1.29 is 9.21 Å². The Hall–Kier alpha value is -3.08. The van der Waals surface area contributed by atoms with Crippen LogP contribution in [0.3, 0.4) is 0 Å². The summed E-state index contributed by atoms with van der Waals surface area (Å²) in [5, 5.41) is 6.22. The normalized spacial score (nSPS) is 10.5. The Bertz CT molecular complexity index is 857. The van der Waals surface area contributed by atoms with E-state index in [0.717, 1.165) is 34.7 Å². The molecule has 0 aliphatic heterocycles. The van der Waals surface area contributed by atoms with Gasteiger partial charge in [-0.1, -0.05) is 25.1 Å². The molecule has 2 N–H and O–H groups in total. The maximum atomic E-state index is 12.6. The average Bonchev–Trinajstić information content (AvgIpc) is 3.15. The minimum Gasteiger partial charge on any atom is -0.467 e. The van der Waals surface area contributed by atoms with Crippen molar-refractivity contribution in [3.05, 3.63) is 77.5 Å². The highest BCUT2D eigenvalue weighted by Crippen LogP contribution is 2.22. The molecule has 0 spiro atoms. The highest BCUT2D eigenvalue weighted by molar-refractivity contribution is 6.04. The summed E-state index contributed by atoms with van der Waals surface area (Å²) in [6.07, 6.45) is 4.11. The minimum atomic E-state index is -0.217. The van der Waals surface area contributed by atoms with Gasteiger partial charge in [0.05, 0.1) is 12.8 Å². The molecular weight excluding hydrogens is 314 g/mol. The highest BCUT2D eigenvalue weighted by Gasteiger charge is 2.12. The lowest BCUT2D eigenvalue weighted by Crippen LogP contribution is -2.16. The first-order valence-corrected chi connectivity index (χ1v) is 8.29. The van der Waals surface area contributed by atoms with E-state index in [1.807, 2.05) is 43.3 Å². The van der Waals surface area contributed by atoms with Gasteiger partial charge in [-0.3, -0.25) is 9.78 Å². The van der Waals surface area contributed by atoms with Crippen LogP contribution in [0.15, 0.2) is 59.3 Å². The maximum Gasteiger partial charge on any atom is 0.274 e. The van der Waals surface area contributed by atoms with Crippen molar-refractivity contribution >= 4 is 17.3 Å². The van der Waals surface area contributed by atoms with E-state index in [1.54, 1.807) is 18.5 Å². The van der Waals surface area contributed by atoms with Crippen LogP contribution in [0.4, 0.5) is 11.4 Å². The van der Waals surface area contributed by atoms with E-state index in [1.165, 1.54) is 0 Å². The monoisotopic (exact) mass is 335 g/mol. The van der Waals surface area contributed by atoms with E-state index in [-0.39, 0.29) is 5.91 Å². The van der Waals surface area contributed by atoms with Crippen LogP contribution in [0.25, 0.3) is 0 Å². The lowest BCUT2D eigenvalue weighted by atomic mass is 10.1. The van der Waals surface area contributed by atoms with Gasteiger partial charge in [-0.2, -0.15) is 0 Å². The first kappa shape index (κ1) is 16.8. The number of aromatic nitrogens is 1. The Morgan fingerprint density at radius 2 is 2.08 bits per heavy atom. The molecule has 25 heavy (non-hydrogen) atoms. The number of rotatable bonds is 6. The zero-order valence-corrected chi connectivity index (χ0v) is 14.4. The predicted molar refractivity (Wildman–Crippen MR) is 98.8 cm³/mol. The molecule has 0 aliphatic carbocycles. The van der Waals surface area contributed by atoms with Crippen molar-refractivity contribution in [3.63, 3.8) is 0 Å². The van der Waals surface area contributed by atoms with Crippen LogP contribution in [0.5, 0.6) is 0 Å². The summed E-state index contributed by atoms with van der Waals surface area (Å²) in [6, 6.07) is 13.3. The average molecular weight is 335 g/mol. The van der Waals surface area contributed by atoms with Crippen molar-refractivity contribution in [1.29, 1.82) is 0 Å². The predicted octanol–water partition coefficient (Wildman–Crippen LogP) is 4.41. The van der Waals surface area contributed by atoms with Gasteiger partial charge in [0.1, 0.15) is 11.5 Å². The number of carbonyl (C=O) groups excluding carboxylic acids is 1. The Kier molecular flexibility index (Phi) is 5.14. The van der Waals surface area contributed by atoms with E-state index in [4.69, 9.17) is 4.42 Å². The highest BCUT2D eigenvalue weighted by atomic mass is 16.3. The molecule has 1 amide bonds. The van der Waals surface area contributed by atoms with Crippen LogP contribution < -0.4 is 10.6 Å². The number of hydrogen-bond donors (Lipinski definition) is 2. The molecule has 0 unspecified atom stereocenters. The first-order valence-electron chi connectivity index (χ1n) is 8.29. The van der Waals surface area contributed by atoms with Crippen molar-refractivity contribution in [2.24, 2.45) is 0 Å². The third kappa shape index (κ3) is 4.07. The molecule has 0 saturated carbocycles. The van der Waals surface area contributed by atoms with Crippen LogP contribution in [0.1, 0.15) is 34.3 Å². The molecule has 2 heterocycles. The number of hydrogen-bond acceptors (Lipinski definition) is 4. The fourth-order valence-corrected chi connectivity index (χ4v) is 2.65. The number of para-hydroxylation sites is 1. The number of aryl methyl sites for hydroxylation is 2. The quantitative estimate of drug-likeness (QED) is 0.700. The number of amides is 1. The molecule has 2 aromatic heterocycles. The summed E-state index contributed by atoms with van der Waals surface area (Å²) in [5.41, 5.74) is 4.21. The second kappa shape index (κ2) is 7.66. The molecular formula is C20H21N3O2. The molecule has 0 aliphatic rings. The zero-order chi connectivity index (χ0) is 17.6. The number of carbonyl (C=O) groups is 1. The van der Waals surface area contributed by atoms with Crippen molar-refractivity contribution in [2.45, 2.75) is 26.8 Å². The lowest BCUT2D eigenvalue weighted by Gasteiger charge is -2.13. The van der Waals surface area contributed by atoms with Gasteiger partial charge in [0.25, 0.3) is 5.91 Å². The van der Waals surface area contributed by atoms with Gasteiger partial charge < -0.3 is 15.1 Å². The third-order valence-electron chi connectivity index (χ3n) is 4.02. The molecule has 5 heteroatoms. The fourth-order valence-electron chi connectivity index (χ4n) is 2.65. The third-order valence-corrected chi connectivity index (χ3v) is 4.02. The Morgan fingerprint density at radius 3 is 2.84 bits per heavy atom. The Balaban J connectivity index is 1.73. The number of anilines is 2. The van der Waals surface area contributed by atoms with E-state index in [0.29, 0.717) is 12.2 Å². The van der Waals surface area contributed by atoms with Crippen molar-refractivity contribution in [1.82, 2.24) is 4.98 Å². The van der Waals surface area contributed by atoms with Crippen molar-refractivity contribution in [3.8, 4) is 0 Å². The van der Waals surface area contributed by atoms with E-state index in [9.17, 15) is 4.79 Å². The lowest BCUT2D eigenvalue weighted by molar-refractivity contribution is 0.102. The summed E-state index contributed by atoms with van der Waals surface area (Å²) in [4.78, 5) is 16.8. The van der Waals surface area contributed by atoms with E-state index in [2.05, 4.69) is 22.5 Å². The van der Waals surface area contributed by atoms with Crippen LogP contribution in [-0.4, -0.2) is 10.9 Å². The summed E-state index contributed by atoms with van der Waals surface area (Å²) >= 11 is 0. The Labute approximate surface area is 147 Å². The van der Waals surface area contributed by atoms with Gasteiger partial charge in [-0.15, -0.1) is 0 Å². The molecule has 1 aromatic carbocycles. The summed E-state index contributed by atoms with van der Waals surface area (Å²) in [6.45, 7) is 4.61. The standard InChI is InChI=1S/C20H21N3O2/c1-3-15-7-4-6-14(2)19(15)23-20(24)18-12-16(9-10-21-18)22-13-17-8-5-11-25-17/h4-12H,3,13H2,1-2H3,(H,21,22)(H,23,24). The number of nitrogens with zero attached hydrogens (tertiary/aromatic N) is 1. The smallest absolute Gasteiger partial charge is 0.274 e. The number of pyridine rings is 1. The van der Waals surface area contributed by atoms with Gasteiger partial charge >= 0.3 is 0 Å². The molecule has 3 aromatic rings. The minimum absolute atomic E-state index is 0.217. The van der Waals surface area contributed by atoms with Crippen LogP contribution in [0, 0.1) is 6.92 Å². The molecule has 0 atom stereocenters. The van der Waals surface area contributed by atoms with Gasteiger partial charge in [-0.25, -0.2) is 0 Å². The van der Waals surface area contributed by atoms with Crippen LogP contribution >= 0.6 is 0 Å². The van der Waals surface area contributed by atoms with E-state index < -0.39 is 0 Å². The summed E-state index contributed by atoms with van der Waals surface area (Å²) in [5.74, 6) is 0.612. The fraction of sp³-hybridized carbons (Fsp3) is 0.200. The number of benzene rings is 1. The topological polar surface area (TPSA) is 67.2 Å². The largest absolute Gasteiger partial charge is 0.467 e. The second-order valence-corrected chi connectivity index (χ2v) is 5.78. The molecule has 0 radical (unpaired) electrons.